The van der Waals surface area contributed by atoms with Crippen LogP contribution in [0.15, 0.2) is 23.3 Å². The maximum Gasteiger partial charge on any atom is 0.180 e. The number of rotatable bonds is 1. The zero-order valence-corrected chi connectivity index (χ0v) is 8.38. The van der Waals surface area contributed by atoms with Gasteiger partial charge in [-0.2, -0.15) is 0 Å². The van der Waals surface area contributed by atoms with E-state index in [1.165, 1.54) is 11.1 Å². The summed E-state index contributed by atoms with van der Waals surface area (Å²) in [5, 5.41) is 0. The van der Waals surface area contributed by atoms with E-state index in [9.17, 15) is 0 Å². The van der Waals surface area contributed by atoms with Gasteiger partial charge in [-0.1, -0.05) is 18.1 Å². The maximum atomic E-state index is 5.43. The van der Waals surface area contributed by atoms with Gasteiger partial charge in [-0.25, -0.2) is 0 Å². The Morgan fingerprint density at radius 3 is 2.57 bits per heavy atom. The van der Waals surface area contributed by atoms with Crippen molar-refractivity contribution in [3.05, 3.63) is 23.3 Å². The Kier molecular flexibility index (Phi) is 3.03. The first-order chi connectivity index (χ1) is 6.90. The number of allylic oxidation sites excluding steroid dienone is 3. The lowest BCUT2D eigenvalue weighted by molar-refractivity contribution is -0.0135. The average Bonchev–Trinajstić information content (AvgIpc) is 2.72. The second kappa shape index (κ2) is 4.45. The van der Waals surface area contributed by atoms with E-state index in [2.05, 4.69) is 24.0 Å². The number of hydrogen-bond donors (Lipinski definition) is 0. The summed E-state index contributed by atoms with van der Waals surface area (Å²) < 4.78 is 10.9. The lowest BCUT2D eigenvalue weighted by Gasteiger charge is -2.16. The van der Waals surface area contributed by atoms with E-state index < -0.39 is 0 Å². The summed E-state index contributed by atoms with van der Waals surface area (Å²) in [6.07, 6.45) is 6.07. The van der Waals surface area contributed by atoms with Gasteiger partial charge in [0.2, 0.25) is 0 Å². The van der Waals surface area contributed by atoms with E-state index in [0.717, 1.165) is 12.8 Å². The standard InChI is InChI=1S/C12H14O2/c1-2-3-10-4-6-11(7-5-10)12-13-8-9-14-12/h4,6,12H,5,7-9H2,1H3. The van der Waals surface area contributed by atoms with Gasteiger partial charge in [0.25, 0.3) is 0 Å². The zero-order chi connectivity index (χ0) is 9.80. The van der Waals surface area contributed by atoms with Gasteiger partial charge in [-0.3, -0.25) is 0 Å². The fraction of sp³-hybridized carbons (Fsp3) is 0.500. The molecular weight excluding hydrogens is 176 g/mol. The highest BCUT2D eigenvalue weighted by molar-refractivity contribution is 5.36. The van der Waals surface area contributed by atoms with E-state index in [1.807, 2.05) is 6.92 Å². The molecule has 2 nitrogen and oxygen atoms in total. The molecule has 0 bridgehead atoms. The molecule has 74 valence electrons. The van der Waals surface area contributed by atoms with Crippen molar-refractivity contribution < 1.29 is 9.47 Å². The molecule has 2 rings (SSSR count). The minimum atomic E-state index is -0.0950. The number of ether oxygens (including phenoxy) is 2. The van der Waals surface area contributed by atoms with E-state index in [0.29, 0.717) is 13.2 Å². The first kappa shape index (κ1) is 9.51. The lowest BCUT2D eigenvalue weighted by atomic mass is 9.98. The SMILES string of the molecule is CC#CC1=CC=C(C2OCCO2)CC1. The van der Waals surface area contributed by atoms with Gasteiger partial charge in [-0.05, 0) is 25.3 Å². The van der Waals surface area contributed by atoms with Crippen LogP contribution in [0.4, 0.5) is 0 Å². The molecule has 0 N–H and O–H groups in total. The maximum absolute atomic E-state index is 5.43. The van der Waals surface area contributed by atoms with Gasteiger partial charge < -0.3 is 9.47 Å². The van der Waals surface area contributed by atoms with E-state index in [-0.39, 0.29) is 6.29 Å². The third-order valence-corrected chi connectivity index (χ3v) is 2.39. The van der Waals surface area contributed by atoms with Gasteiger partial charge in [0.1, 0.15) is 0 Å². The fourth-order valence-electron chi connectivity index (χ4n) is 1.69. The molecule has 0 aromatic rings. The molecule has 2 aliphatic rings. The topological polar surface area (TPSA) is 18.5 Å². The molecule has 0 atom stereocenters. The van der Waals surface area contributed by atoms with Crippen LogP contribution in [0, 0.1) is 11.8 Å². The summed E-state index contributed by atoms with van der Waals surface area (Å²) in [7, 11) is 0. The molecule has 0 amide bonds. The first-order valence-corrected chi connectivity index (χ1v) is 4.96. The monoisotopic (exact) mass is 190 g/mol. The highest BCUT2D eigenvalue weighted by Crippen LogP contribution is 2.24. The molecule has 1 aliphatic heterocycles. The quantitative estimate of drug-likeness (QED) is 0.589. The van der Waals surface area contributed by atoms with Gasteiger partial charge >= 0.3 is 0 Å². The van der Waals surface area contributed by atoms with Gasteiger partial charge in [0.15, 0.2) is 6.29 Å². The second-order valence-electron chi connectivity index (χ2n) is 3.38. The summed E-state index contributed by atoms with van der Waals surface area (Å²) in [5.74, 6) is 5.99. The van der Waals surface area contributed by atoms with Crippen molar-refractivity contribution in [3.63, 3.8) is 0 Å². The van der Waals surface area contributed by atoms with Crippen molar-refractivity contribution in [3.8, 4) is 11.8 Å². The molecule has 0 saturated carbocycles. The van der Waals surface area contributed by atoms with Crippen LogP contribution in [0.3, 0.4) is 0 Å². The van der Waals surface area contributed by atoms with Gasteiger partial charge in [0, 0.05) is 5.57 Å². The molecule has 1 aliphatic carbocycles. The molecule has 1 saturated heterocycles. The van der Waals surface area contributed by atoms with Crippen molar-refractivity contribution in [1.29, 1.82) is 0 Å². The fourth-order valence-corrected chi connectivity index (χ4v) is 1.69. The molecule has 0 aromatic carbocycles. The zero-order valence-electron chi connectivity index (χ0n) is 8.38. The highest BCUT2D eigenvalue weighted by atomic mass is 16.7. The first-order valence-electron chi connectivity index (χ1n) is 4.96. The van der Waals surface area contributed by atoms with Crippen LogP contribution in [0.1, 0.15) is 19.8 Å². The summed E-state index contributed by atoms with van der Waals surface area (Å²) >= 11 is 0. The minimum Gasteiger partial charge on any atom is -0.346 e. The van der Waals surface area contributed by atoms with Crippen molar-refractivity contribution in [2.24, 2.45) is 0 Å². The normalized spacial score (nSPS) is 22.4. The molecule has 1 heterocycles. The van der Waals surface area contributed by atoms with Gasteiger partial charge in [0.05, 0.1) is 13.2 Å². The Balaban J connectivity index is 2.04. The van der Waals surface area contributed by atoms with Crippen molar-refractivity contribution in [2.75, 3.05) is 13.2 Å². The largest absolute Gasteiger partial charge is 0.346 e. The molecular formula is C12H14O2. The van der Waals surface area contributed by atoms with Crippen LogP contribution in [-0.4, -0.2) is 19.5 Å². The molecule has 1 fully saturated rings. The third kappa shape index (κ3) is 2.06. The Bertz CT molecular complexity index is 322. The Labute approximate surface area is 84.6 Å². The van der Waals surface area contributed by atoms with E-state index in [1.54, 1.807) is 0 Å². The second-order valence-corrected chi connectivity index (χ2v) is 3.38. The minimum absolute atomic E-state index is 0.0950. The van der Waals surface area contributed by atoms with E-state index >= 15 is 0 Å². The number of hydrogen-bond acceptors (Lipinski definition) is 2. The summed E-state index contributed by atoms with van der Waals surface area (Å²) in [6.45, 7) is 3.30. The molecule has 14 heavy (non-hydrogen) atoms. The van der Waals surface area contributed by atoms with Crippen molar-refractivity contribution >= 4 is 0 Å². The van der Waals surface area contributed by atoms with Crippen LogP contribution >= 0.6 is 0 Å². The van der Waals surface area contributed by atoms with Crippen molar-refractivity contribution in [2.45, 2.75) is 26.1 Å². The Morgan fingerprint density at radius 1 is 1.21 bits per heavy atom. The van der Waals surface area contributed by atoms with Crippen LogP contribution in [-0.2, 0) is 9.47 Å². The van der Waals surface area contributed by atoms with Crippen molar-refractivity contribution in [1.82, 2.24) is 0 Å². The molecule has 0 unspecified atom stereocenters. The predicted octanol–water partition coefficient (Wildman–Crippen LogP) is 2.03. The predicted molar refractivity (Wildman–Crippen MR) is 54.5 cm³/mol. The lowest BCUT2D eigenvalue weighted by Crippen LogP contribution is -2.12. The Morgan fingerprint density at radius 2 is 2.00 bits per heavy atom. The third-order valence-electron chi connectivity index (χ3n) is 2.39. The molecule has 0 radical (unpaired) electrons. The molecule has 0 aromatic heterocycles. The van der Waals surface area contributed by atoms with Crippen LogP contribution in [0.2, 0.25) is 0 Å². The van der Waals surface area contributed by atoms with Crippen LogP contribution in [0.25, 0.3) is 0 Å². The summed E-state index contributed by atoms with van der Waals surface area (Å²) in [4.78, 5) is 0. The van der Waals surface area contributed by atoms with Gasteiger partial charge in [-0.15, -0.1) is 5.92 Å². The molecule has 2 heteroatoms. The summed E-state index contributed by atoms with van der Waals surface area (Å²) in [5.41, 5.74) is 2.44. The van der Waals surface area contributed by atoms with Crippen LogP contribution in [0.5, 0.6) is 0 Å². The molecule has 0 spiro atoms. The van der Waals surface area contributed by atoms with E-state index in [4.69, 9.17) is 9.47 Å². The smallest absolute Gasteiger partial charge is 0.180 e. The summed E-state index contributed by atoms with van der Waals surface area (Å²) in [6, 6.07) is 0. The highest BCUT2D eigenvalue weighted by Gasteiger charge is 2.21. The average molecular weight is 190 g/mol. The van der Waals surface area contributed by atoms with Crippen LogP contribution < -0.4 is 0 Å². The Hall–Kier alpha value is -1.04.